The quantitative estimate of drug-likeness (QED) is 0.175. The van der Waals surface area contributed by atoms with Crippen LogP contribution in [0.15, 0.2) is 216 Å². The van der Waals surface area contributed by atoms with Gasteiger partial charge in [0.2, 0.25) is 9.84 Å². The van der Waals surface area contributed by atoms with Crippen LogP contribution < -0.4 is 0 Å². The van der Waals surface area contributed by atoms with E-state index < -0.39 is 15.3 Å². The lowest BCUT2D eigenvalue weighted by atomic mass is 9.81. The monoisotopic (exact) mass is 868 g/mol. The van der Waals surface area contributed by atoms with Crippen molar-refractivity contribution in [1.82, 2.24) is 19.9 Å². The van der Waals surface area contributed by atoms with Crippen molar-refractivity contribution in [2.24, 2.45) is 0 Å². The first-order valence-electron chi connectivity index (χ1n) is 22.0. The predicted octanol–water partition coefficient (Wildman–Crippen LogP) is 14.1. The molecule has 0 spiro atoms. The molecule has 0 saturated carbocycles. The Morgan fingerprint density at radius 3 is 1.52 bits per heavy atom. The van der Waals surface area contributed by atoms with Crippen LogP contribution >= 0.6 is 0 Å². The molecular weight excluding hydrogens is 829 g/mol. The number of fused-ring (bicyclic) bond motifs is 12. The van der Waals surface area contributed by atoms with Crippen LogP contribution in [0.4, 0.5) is 0 Å². The normalized spacial score (nSPS) is 13.7. The van der Waals surface area contributed by atoms with Crippen molar-refractivity contribution in [3.05, 3.63) is 218 Å². The van der Waals surface area contributed by atoms with E-state index in [2.05, 4.69) is 92.7 Å². The maximum Gasteiger partial charge on any atom is 0.207 e. The third-order valence-electron chi connectivity index (χ3n) is 13.2. The van der Waals surface area contributed by atoms with E-state index in [1.807, 2.05) is 109 Å². The van der Waals surface area contributed by atoms with Crippen LogP contribution in [0.5, 0.6) is 0 Å². The maximum atomic E-state index is 15.9. The molecule has 0 fully saturated rings. The molecule has 0 unspecified atom stereocenters. The minimum atomic E-state index is -4.17. The fraction of sp³-hybridized carbons (Fsp3) is 0.0508. The summed E-state index contributed by atoms with van der Waals surface area (Å²) in [4.78, 5) is 20.3. The highest BCUT2D eigenvalue weighted by Gasteiger charge is 2.39. The lowest BCUT2D eigenvalue weighted by Crippen LogP contribution is -2.16. The third-order valence-corrected chi connectivity index (χ3v) is 15.1. The Bertz CT molecular complexity index is 3680. The Kier molecular flexibility index (Phi) is 9.12. The molecule has 3 heterocycles. The summed E-state index contributed by atoms with van der Waals surface area (Å²) in [7, 11) is -4.17. The largest absolute Gasteiger partial charge is 0.236 e. The zero-order valence-electron chi connectivity index (χ0n) is 36.1. The van der Waals surface area contributed by atoms with E-state index in [9.17, 15) is 0 Å². The molecule has 1 aliphatic carbocycles. The molecule has 7 heteroatoms. The van der Waals surface area contributed by atoms with Gasteiger partial charge < -0.3 is 0 Å². The van der Waals surface area contributed by atoms with Crippen molar-refractivity contribution in [2.45, 2.75) is 29.1 Å². The molecule has 6 nitrogen and oxygen atoms in total. The molecule has 314 valence electrons. The molecule has 0 atom stereocenters. The van der Waals surface area contributed by atoms with Crippen LogP contribution in [0.1, 0.15) is 25.0 Å². The first-order chi connectivity index (χ1) is 32.2. The lowest BCUT2D eigenvalue weighted by Gasteiger charge is -2.24. The Morgan fingerprint density at radius 2 is 0.864 bits per heavy atom. The van der Waals surface area contributed by atoms with E-state index in [1.165, 1.54) is 0 Å². The van der Waals surface area contributed by atoms with Gasteiger partial charge in [0.25, 0.3) is 0 Å². The number of sulfone groups is 1. The summed E-state index contributed by atoms with van der Waals surface area (Å²) in [6.45, 7) is 4.37. The van der Waals surface area contributed by atoms with Crippen LogP contribution in [0, 0.1) is 0 Å². The van der Waals surface area contributed by atoms with Crippen molar-refractivity contribution in [3.8, 4) is 101 Å². The summed E-state index contributed by atoms with van der Waals surface area (Å²) in [5.74, 6) is 1.08. The zero-order chi connectivity index (χ0) is 44.6. The van der Waals surface area contributed by atoms with Gasteiger partial charge in [-0.25, -0.2) is 28.4 Å². The van der Waals surface area contributed by atoms with E-state index >= 15 is 8.42 Å². The topological polar surface area (TPSA) is 85.7 Å². The Morgan fingerprint density at radius 1 is 0.348 bits per heavy atom. The van der Waals surface area contributed by atoms with Crippen LogP contribution in [-0.2, 0) is 15.3 Å². The first kappa shape index (κ1) is 39.5. The minimum Gasteiger partial charge on any atom is -0.236 e. The van der Waals surface area contributed by atoms with Crippen molar-refractivity contribution >= 4 is 9.84 Å². The maximum absolute atomic E-state index is 15.9. The van der Waals surface area contributed by atoms with Crippen LogP contribution in [-0.4, -0.2) is 28.4 Å². The van der Waals surface area contributed by atoms with Gasteiger partial charge in [0.05, 0.1) is 26.7 Å². The number of benzene rings is 8. The van der Waals surface area contributed by atoms with E-state index in [0.717, 1.165) is 78.0 Å². The molecule has 0 saturated heterocycles. The molecule has 1 aliphatic heterocycles. The molecule has 10 aromatic rings. The highest BCUT2D eigenvalue weighted by Crippen LogP contribution is 2.54. The molecular formula is C59H40N4O2S. The van der Waals surface area contributed by atoms with Gasteiger partial charge in [0.1, 0.15) is 0 Å². The Hall–Kier alpha value is -8.13. The standard InChI is InChI=1S/C59H40N4O2S/c1-59(2)51-27-15-13-25-46(51)49-32-50-48-31-39(54-34-53(37-17-5-3-6-18-37)62-58(63-54)40-35-60-57(61-36-40)38-19-7-4-8-20-38)29-30-45(48)43-23-10-9-21-41(43)42-22-11-12-24-44(42)47-26-14-16-28-55(47)66(64,65)56(50)33-52(49)59/h3-36H,1-2H3. The zero-order valence-corrected chi connectivity index (χ0v) is 37.0. The summed E-state index contributed by atoms with van der Waals surface area (Å²) in [6, 6.07) is 64.7. The van der Waals surface area contributed by atoms with Crippen molar-refractivity contribution in [1.29, 1.82) is 0 Å². The number of nitrogens with zero attached hydrogens (tertiary/aromatic N) is 4. The van der Waals surface area contributed by atoms with E-state index in [4.69, 9.17) is 19.9 Å². The highest BCUT2D eigenvalue weighted by molar-refractivity contribution is 7.91. The summed E-state index contributed by atoms with van der Waals surface area (Å²) < 4.78 is 31.7. The fourth-order valence-electron chi connectivity index (χ4n) is 9.93. The minimum absolute atomic E-state index is 0.258. The third kappa shape index (κ3) is 6.34. The molecule has 2 aliphatic rings. The summed E-state index contributed by atoms with van der Waals surface area (Å²) in [5, 5.41) is 0. The van der Waals surface area contributed by atoms with E-state index in [1.54, 1.807) is 18.5 Å². The molecule has 8 aromatic carbocycles. The van der Waals surface area contributed by atoms with Crippen LogP contribution in [0.25, 0.3) is 101 Å². The van der Waals surface area contributed by atoms with Gasteiger partial charge in [-0.05, 0) is 86.0 Å². The average molecular weight is 869 g/mol. The SMILES string of the molecule is CC1(C)c2ccccc2-c2cc3c(cc21)S(=O)(=O)c1ccccc1-c1ccccc1-c1ccccc1-c1ccc(-c2cc(-c4ccccc4)nc(-c4cnc(-c5ccccc5)nc4)n2)cc1-3. The smallest absolute Gasteiger partial charge is 0.207 e. The molecule has 66 heavy (non-hydrogen) atoms. The second kappa shape index (κ2) is 15.3. The van der Waals surface area contributed by atoms with Gasteiger partial charge in [0, 0.05) is 45.6 Å². The second-order valence-corrected chi connectivity index (χ2v) is 19.3. The number of hydrogen-bond acceptors (Lipinski definition) is 6. The van der Waals surface area contributed by atoms with Gasteiger partial charge in [-0.1, -0.05) is 178 Å². The van der Waals surface area contributed by atoms with Crippen molar-refractivity contribution in [3.63, 3.8) is 0 Å². The van der Waals surface area contributed by atoms with Gasteiger partial charge in [0.15, 0.2) is 11.6 Å². The average Bonchev–Trinajstić information content (AvgIpc) is 3.60. The summed E-state index contributed by atoms with van der Waals surface area (Å²) in [6.07, 6.45) is 3.54. The van der Waals surface area contributed by atoms with Gasteiger partial charge in [-0.15, -0.1) is 0 Å². The second-order valence-electron chi connectivity index (χ2n) is 17.4. The highest BCUT2D eigenvalue weighted by atomic mass is 32.2. The molecule has 0 radical (unpaired) electrons. The Balaban J connectivity index is 1.16. The van der Waals surface area contributed by atoms with Crippen LogP contribution in [0.2, 0.25) is 0 Å². The van der Waals surface area contributed by atoms with E-state index in [-0.39, 0.29) is 9.79 Å². The van der Waals surface area contributed by atoms with Gasteiger partial charge in [-0.3, -0.25) is 0 Å². The molecule has 0 N–H and O–H groups in total. The van der Waals surface area contributed by atoms with Crippen molar-refractivity contribution < 1.29 is 8.42 Å². The predicted molar refractivity (Wildman–Crippen MR) is 264 cm³/mol. The molecule has 2 aromatic heterocycles. The van der Waals surface area contributed by atoms with Gasteiger partial charge >= 0.3 is 0 Å². The lowest BCUT2D eigenvalue weighted by molar-refractivity contribution is 0.596. The summed E-state index contributed by atoms with van der Waals surface area (Å²) in [5.41, 5.74) is 15.3. The fourth-order valence-corrected chi connectivity index (χ4v) is 11.6. The number of hydrogen-bond donors (Lipinski definition) is 0. The Labute approximate surface area is 384 Å². The van der Waals surface area contributed by atoms with Crippen molar-refractivity contribution in [2.75, 3.05) is 0 Å². The number of aromatic nitrogens is 4. The first-order valence-corrected chi connectivity index (χ1v) is 23.5. The molecule has 0 amide bonds. The van der Waals surface area contributed by atoms with Gasteiger partial charge in [-0.2, -0.15) is 0 Å². The molecule has 0 bridgehead atoms. The summed E-state index contributed by atoms with van der Waals surface area (Å²) >= 11 is 0. The number of rotatable bonds is 4. The van der Waals surface area contributed by atoms with Crippen LogP contribution in [0.3, 0.4) is 0 Å². The van der Waals surface area contributed by atoms with E-state index in [0.29, 0.717) is 34.0 Å². The molecule has 12 rings (SSSR count).